The molecule has 0 radical (unpaired) electrons. The maximum atomic E-state index is 13.5. The quantitative estimate of drug-likeness (QED) is 0.797. The third kappa shape index (κ3) is 2.47. The second kappa shape index (κ2) is 4.59. The van der Waals surface area contributed by atoms with E-state index in [9.17, 15) is 8.78 Å². The highest BCUT2D eigenvalue weighted by Crippen LogP contribution is 2.30. The van der Waals surface area contributed by atoms with Gasteiger partial charge in [-0.3, -0.25) is 0 Å². The molecule has 0 aliphatic carbocycles. The average molecular weight is 255 g/mol. The predicted molar refractivity (Wildman–Crippen MR) is 65.5 cm³/mol. The van der Waals surface area contributed by atoms with Crippen molar-refractivity contribution in [2.75, 3.05) is 11.1 Å². The third-order valence-electron chi connectivity index (χ3n) is 2.24. The first-order chi connectivity index (χ1) is 8.08. The number of para-hydroxylation sites is 1. The van der Waals surface area contributed by atoms with Crippen molar-refractivity contribution in [3.8, 4) is 0 Å². The number of hydrogen-bond donors (Lipinski definition) is 2. The lowest BCUT2D eigenvalue weighted by Crippen LogP contribution is -1.99. The van der Waals surface area contributed by atoms with Gasteiger partial charge in [0.15, 0.2) is 0 Å². The Bertz CT molecular complexity index is 538. The van der Waals surface area contributed by atoms with Gasteiger partial charge in [0.25, 0.3) is 0 Å². The second-order valence-corrected chi connectivity index (χ2v) is 3.86. The summed E-state index contributed by atoms with van der Waals surface area (Å²) in [6.45, 7) is 0. The van der Waals surface area contributed by atoms with Gasteiger partial charge in [0, 0.05) is 0 Å². The van der Waals surface area contributed by atoms with E-state index in [0.29, 0.717) is 5.69 Å². The highest BCUT2D eigenvalue weighted by molar-refractivity contribution is 6.33. The van der Waals surface area contributed by atoms with Gasteiger partial charge in [-0.25, -0.2) is 8.78 Å². The molecule has 0 aliphatic heterocycles. The molecule has 0 aromatic heterocycles. The van der Waals surface area contributed by atoms with E-state index < -0.39 is 11.6 Å². The number of hydrogen-bond acceptors (Lipinski definition) is 2. The van der Waals surface area contributed by atoms with Gasteiger partial charge in [0.2, 0.25) is 0 Å². The monoisotopic (exact) mass is 254 g/mol. The summed E-state index contributed by atoms with van der Waals surface area (Å²) in [5.41, 5.74) is 6.40. The highest BCUT2D eigenvalue weighted by Gasteiger charge is 2.08. The minimum atomic E-state index is -0.495. The van der Waals surface area contributed by atoms with Gasteiger partial charge >= 0.3 is 0 Å². The van der Waals surface area contributed by atoms with E-state index in [1.165, 1.54) is 24.3 Å². The molecule has 88 valence electrons. The molecule has 0 saturated carbocycles. The number of rotatable bonds is 2. The van der Waals surface area contributed by atoms with Crippen molar-refractivity contribution in [3.63, 3.8) is 0 Å². The first kappa shape index (κ1) is 11.7. The summed E-state index contributed by atoms with van der Waals surface area (Å²) in [6.07, 6.45) is 0. The summed E-state index contributed by atoms with van der Waals surface area (Å²) in [7, 11) is 0. The highest BCUT2D eigenvalue weighted by atomic mass is 35.5. The molecule has 2 aromatic rings. The van der Waals surface area contributed by atoms with Crippen LogP contribution in [-0.2, 0) is 0 Å². The van der Waals surface area contributed by atoms with Gasteiger partial charge in [0.05, 0.1) is 22.1 Å². The fourth-order valence-corrected chi connectivity index (χ4v) is 1.61. The Balaban J connectivity index is 2.38. The first-order valence-electron chi connectivity index (χ1n) is 4.84. The van der Waals surface area contributed by atoms with E-state index in [4.69, 9.17) is 17.3 Å². The lowest BCUT2D eigenvalue weighted by molar-refractivity contribution is 0.628. The Hall–Kier alpha value is -1.81. The van der Waals surface area contributed by atoms with Crippen LogP contribution in [-0.4, -0.2) is 0 Å². The summed E-state index contributed by atoms with van der Waals surface area (Å²) in [6, 6.07) is 8.12. The van der Waals surface area contributed by atoms with Crippen LogP contribution in [0.25, 0.3) is 0 Å². The lowest BCUT2D eigenvalue weighted by Gasteiger charge is -2.11. The Morgan fingerprint density at radius 3 is 2.53 bits per heavy atom. The average Bonchev–Trinajstić information content (AvgIpc) is 2.26. The number of nitrogen functional groups attached to an aromatic ring is 1. The Kier molecular flexibility index (Phi) is 3.15. The molecule has 2 rings (SSSR count). The smallest absolute Gasteiger partial charge is 0.148 e. The van der Waals surface area contributed by atoms with Crippen molar-refractivity contribution in [1.29, 1.82) is 0 Å². The fourth-order valence-electron chi connectivity index (χ4n) is 1.40. The summed E-state index contributed by atoms with van der Waals surface area (Å²) >= 11 is 5.82. The van der Waals surface area contributed by atoms with Crippen LogP contribution < -0.4 is 11.1 Å². The number of benzene rings is 2. The largest absolute Gasteiger partial charge is 0.397 e. The summed E-state index contributed by atoms with van der Waals surface area (Å²) < 4.78 is 26.3. The summed E-state index contributed by atoms with van der Waals surface area (Å²) in [5.74, 6) is -0.951. The molecule has 0 aliphatic rings. The summed E-state index contributed by atoms with van der Waals surface area (Å²) in [4.78, 5) is 0. The molecule has 0 spiro atoms. The molecule has 2 nitrogen and oxygen atoms in total. The van der Waals surface area contributed by atoms with Crippen molar-refractivity contribution in [2.24, 2.45) is 0 Å². The molecule has 3 N–H and O–H groups in total. The molecule has 5 heteroatoms. The maximum Gasteiger partial charge on any atom is 0.148 e. The van der Waals surface area contributed by atoms with Crippen LogP contribution in [0.3, 0.4) is 0 Å². The predicted octanol–water partition coefficient (Wildman–Crippen LogP) is 3.94. The van der Waals surface area contributed by atoms with E-state index in [0.717, 1.165) is 6.07 Å². The first-order valence-corrected chi connectivity index (χ1v) is 5.22. The van der Waals surface area contributed by atoms with Gasteiger partial charge in [-0.05, 0) is 30.3 Å². The second-order valence-electron chi connectivity index (χ2n) is 3.45. The molecule has 0 amide bonds. The Labute approximate surface area is 102 Å². The van der Waals surface area contributed by atoms with E-state index >= 15 is 0 Å². The van der Waals surface area contributed by atoms with E-state index in [-0.39, 0.29) is 16.4 Å². The van der Waals surface area contributed by atoms with Crippen LogP contribution in [0.5, 0.6) is 0 Å². The van der Waals surface area contributed by atoms with Gasteiger partial charge < -0.3 is 11.1 Å². The SMILES string of the molecule is Nc1cccc(F)c1Nc1ccc(F)cc1Cl. The minimum absolute atomic E-state index is 0.126. The number of anilines is 3. The molecular weight excluding hydrogens is 246 g/mol. The van der Waals surface area contributed by atoms with Crippen molar-refractivity contribution < 1.29 is 8.78 Å². The van der Waals surface area contributed by atoms with Gasteiger partial charge in [-0.2, -0.15) is 0 Å². The zero-order valence-electron chi connectivity index (χ0n) is 8.68. The van der Waals surface area contributed by atoms with E-state index in [2.05, 4.69) is 5.32 Å². The van der Waals surface area contributed by atoms with Crippen LogP contribution >= 0.6 is 11.6 Å². The molecule has 0 saturated heterocycles. The van der Waals surface area contributed by atoms with Crippen LogP contribution in [0.1, 0.15) is 0 Å². The van der Waals surface area contributed by atoms with Gasteiger partial charge in [-0.1, -0.05) is 17.7 Å². The number of nitrogens with two attached hydrogens (primary N) is 1. The molecule has 2 aromatic carbocycles. The number of nitrogens with one attached hydrogen (secondary N) is 1. The lowest BCUT2D eigenvalue weighted by atomic mass is 10.2. The van der Waals surface area contributed by atoms with E-state index in [1.807, 2.05) is 0 Å². The van der Waals surface area contributed by atoms with Crippen molar-refractivity contribution >= 4 is 28.7 Å². The zero-order valence-corrected chi connectivity index (χ0v) is 9.43. The van der Waals surface area contributed by atoms with Crippen LogP contribution in [0.2, 0.25) is 5.02 Å². The van der Waals surface area contributed by atoms with Crippen LogP contribution in [0.15, 0.2) is 36.4 Å². The molecule has 0 fully saturated rings. The molecule has 0 atom stereocenters. The standard InChI is InChI=1S/C12H9ClF2N2/c13-8-6-7(14)4-5-11(8)17-12-9(15)2-1-3-10(12)16/h1-6,17H,16H2. The van der Waals surface area contributed by atoms with Crippen LogP contribution in [0, 0.1) is 11.6 Å². The van der Waals surface area contributed by atoms with Crippen LogP contribution in [0.4, 0.5) is 25.8 Å². The fraction of sp³-hybridized carbons (Fsp3) is 0. The Morgan fingerprint density at radius 1 is 1.12 bits per heavy atom. The third-order valence-corrected chi connectivity index (χ3v) is 2.55. The normalized spacial score (nSPS) is 10.3. The van der Waals surface area contributed by atoms with Crippen molar-refractivity contribution in [2.45, 2.75) is 0 Å². The molecular formula is C12H9ClF2N2. The maximum absolute atomic E-state index is 13.5. The van der Waals surface area contributed by atoms with Gasteiger partial charge in [0.1, 0.15) is 11.6 Å². The van der Waals surface area contributed by atoms with Gasteiger partial charge in [-0.15, -0.1) is 0 Å². The molecule has 0 unspecified atom stereocenters. The molecule has 0 bridgehead atoms. The summed E-state index contributed by atoms with van der Waals surface area (Å²) in [5, 5.41) is 2.90. The van der Waals surface area contributed by atoms with Crippen molar-refractivity contribution in [1.82, 2.24) is 0 Å². The topological polar surface area (TPSA) is 38.0 Å². The zero-order chi connectivity index (χ0) is 12.4. The van der Waals surface area contributed by atoms with Crippen molar-refractivity contribution in [3.05, 3.63) is 53.1 Å². The minimum Gasteiger partial charge on any atom is -0.397 e. The van der Waals surface area contributed by atoms with E-state index in [1.54, 1.807) is 6.07 Å². The number of halogens is 3. The Morgan fingerprint density at radius 2 is 1.88 bits per heavy atom. The molecule has 0 heterocycles. The molecule has 17 heavy (non-hydrogen) atoms.